The highest BCUT2D eigenvalue weighted by Gasteiger charge is 2.33. The van der Waals surface area contributed by atoms with Crippen LogP contribution in [0.25, 0.3) is 0 Å². The molecule has 0 saturated heterocycles. The maximum atomic E-state index is 13.2. The van der Waals surface area contributed by atoms with Crippen LogP contribution in [0.2, 0.25) is 0 Å². The monoisotopic (exact) mass is 464 g/mol. The number of aryl methyl sites for hydroxylation is 2. The summed E-state index contributed by atoms with van der Waals surface area (Å²) in [6, 6.07) is 19.9. The third-order valence-corrected chi connectivity index (χ3v) is 7.30. The molecule has 0 radical (unpaired) electrons. The van der Waals surface area contributed by atoms with Gasteiger partial charge < -0.3 is 9.64 Å². The fourth-order valence-electron chi connectivity index (χ4n) is 3.73. The zero-order valence-corrected chi connectivity index (χ0v) is 19.9. The number of anilines is 1. The second-order valence-electron chi connectivity index (χ2n) is 8.46. The smallest absolute Gasteiger partial charge is 0.262 e. The summed E-state index contributed by atoms with van der Waals surface area (Å²) in [4.78, 5) is 15.4. The number of carbonyl (C=O) groups is 1. The van der Waals surface area contributed by atoms with E-state index in [9.17, 15) is 13.2 Å². The van der Waals surface area contributed by atoms with Crippen LogP contribution in [0.1, 0.15) is 39.9 Å². The van der Waals surface area contributed by atoms with E-state index in [0.29, 0.717) is 23.4 Å². The van der Waals surface area contributed by atoms with Crippen molar-refractivity contribution < 1.29 is 17.9 Å². The van der Waals surface area contributed by atoms with Gasteiger partial charge in [-0.2, -0.15) is 0 Å². The quantitative estimate of drug-likeness (QED) is 0.514. The van der Waals surface area contributed by atoms with Gasteiger partial charge in [0.15, 0.2) is 0 Å². The molecule has 0 bridgehead atoms. The Bertz CT molecular complexity index is 1250. The van der Waals surface area contributed by atoms with E-state index < -0.39 is 10.0 Å². The van der Waals surface area contributed by atoms with Crippen molar-refractivity contribution in [2.45, 2.75) is 44.2 Å². The topological polar surface area (TPSA) is 75.7 Å². The SMILES string of the molecule is COc1ccc(CN(C(=O)c2ccc(NS(=O)(=O)c3cc(C)ccc3C)cc2)C2CC2)cc1. The average molecular weight is 465 g/mol. The van der Waals surface area contributed by atoms with Crippen molar-refractivity contribution >= 4 is 21.6 Å². The maximum absolute atomic E-state index is 13.2. The van der Waals surface area contributed by atoms with Gasteiger partial charge in [0.05, 0.1) is 12.0 Å². The highest BCUT2D eigenvalue weighted by atomic mass is 32.2. The van der Waals surface area contributed by atoms with Crippen LogP contribution in [-0.2, 0) is 16.6 Å². The van der Waals surface area contributed by atoms with Gasteiger partial charge in [0.2, 0.25) is 0 Å². The molecule has 4 rings (SSSR count). The van der Waals surface area contributed by atoms with E-state index in [-0.39, 0.29) is 16.8 Å². The number of benzene rings is 3. The minimum Gasteiger partial charge on any atom is -0.497 e. The molecule has 0 heterocycles. The molecule has 7 heteroatoms. The highest BCUT2D eigenvalue weighted by molar-refractivity contribution is 7.92. The second kappa shape index (κ2) is 9.27. The molecule has 1 N–H and O–H groups in total. The Morgan fingerprint density at radius 3 is 2.27 bits per heavy atom. The van der Waals surface area contributed by atoms with Crippen LogP contribution in [0, 0.1) is 13.8 Å². The van der Waals surface area contributed by atoms with E-state index in [4.69, 9.17) is 4.74 Å². The maximum Gasteiger partial charge on any atom is 0.262 e. The van der Waals surface area contributed by atoms with Gasteiger partial charge in [-0.25, -0.2) is 8.42 Å². The van der Waals surface area contributed by atoms with Gasteiger partial charge in [0.1, 0.15) is 5.75 Å². The number of ether oxygens (including phenoxy) is 1. The van der Waals surface area contributed by atoms with Crippen molar-refractivity contribution in [1.29, 1.82) is 0 Å². The van der Waals surface area contributed by atoms with Crippen LogP contribution in [0.15, 0.2) is 71.6 Å². The summed E-state index contributed by atoms with van der Waals surface area (Å²) in [5, 5.41) is 0. The van der Waals surface area contributed by atoms with Crippen LogP contribution in [0.5, 0.6) is 5.75 Å². The van der Waals surface area contributed by atoms with Crippen LogP contribution < -0.4 is 9.46 Å². The highest BCUT2D eigenvalue weighted by Crippen LogP contribution is 2.30. The van der Waals surface area contributed by atoms with Gasteiger partial charge in [-0.3, -0.25) is 9.52 Å². The van der Waals surface area contributed by atoms with Gasteiger partial charge in [-0.05, 0) is 85.8 Å². The van der Waals surface area contributed by atoms with E-state index in [1.54, 1.807) is 50.4 Å². The fraction of sp³-hybridized carbons (Fsp3) is 0.269. The zero-order chi connectivity index (χ0) is 23.6. The number of nitrogens with one attached hydrogen (secondary N) is 1. The lowest BCUT2D eigenvalue weighted by Crippen LogP contribution is -2.32. The van der Waals surface area contributed by atoms with Crippen LogP contribution in [-0.4, -0.2) is 32.4 Å². The molecule has 3 aromatic carbocycles. The lowest BCUT2D eigenvalue weighted by molar-refractivity contribution is 0.0730. The van der Waals surface area contributed by atoms with Crippen LogP contribution in [0.3, 0.4) is 0 Å². The lowest BCUT2D eigenvalue weighted by atomic mass is 10.1. The zero-order valence-electron chi connectivity index (χ0n) is 19.0. The Morgan fingerprint density at radius 2 is 1.67 bits per heavy atom. The first kappa shape index (κ1) is 22.9. The molecule has 0 aromatic heterocycles. The molecule has 3 aromatic rings. The molecular weight excluding hydrogens is 436 g/mol. The third-order valence-electron chi connectivity index (χ3n) is 5.78. The molecule has 6 nitrogen and oxygen atoms in total. The molecule has 1 aliphatic rings. The summed E-state index contributed by atoms with van der Waals surface area (Å²) in [5.74, 6) is 0.721. The van der Waals surface area contributed by atoms with Gasteiger partial charge in [0.25, 0.3) is 15.9 Å². The molecule has 1 fully saturated rings. The average Bonchev–Trinajstić information content (AvgIpc) is 3.64. The standard InChI is InChI=1S/C26H28N2O4S/c1-18-4-5-19(2)25(16-18)33(30,31)27-22-10-8-21(9-11-22)26(29)28(23-12-13-23)17-20-6-14-24(32-3)15-7-20/h4-11,14-16,23,27H,12-13,17H2,1-3H3. The molecular formula is C26H28N2O4S. The van der Waals surface area contributed by atoms with Crippen molar-refractivity contribution in [3.8, 4) is 5.75 Å². The predicted octanol–water partition coefficient (Wildman–Crippen LogP) is 4.92. The Balaban J connectivity index is 1.49. The van der Waals surface area contributed by atoms with E-state index >= 15 is 0 Å². The summed E-state index contributed by atoms with van der Waals surface area (Å²) in [6.07, 6.45) is 1.99. The van der Waals surface area contributed by atoms with Crippen LogP contribution >= 0.6 is 0 Å². The van der Waals surface area contributed by atoms with Gasteiger partial charge >= 0.3 is 0 Å². The Labute approximate surface area is 195 Å². The first-order chi connectivity index (χ1) is 15.8. The Hall–Kier alpha value is -3.32. The Kier molecular flexibility index (Phi) is 6.42. The summed E-state index contributed by atoms with van der Waals surface area (Å²) >= 11 is 0. The number of amides is 1. The largest absolute Gasteiger partial charge is 0.497 e. The molecule has 33 heavy (non-hydrogen) atoms. The van der Waals surface area contributed by atoms with E-state index in [0.717, 1.165) is 29.7 Å². The minimum absolute atomic E-state index is 0.0581. The summed E-state index contributed by atoms with van der Waals surface area (Å²) < 4.78 is 33.5. The number of hydrogen-bond acceptors (Lipinski definition) is 4. The van der Waals surface area contributed by atoms with Crippen molar-refractivity contribution in [3.63, 3.8) is 0 Å². The number of methoxy groups -OCH3 is 1. The predicted molar refractivity (Wildman–Crippen MR) is 129 cm³/mol. The first-order valence-electron chi connectivity index (χ1n) is 10.9. The van der Waals surface area contributed by atoms with Gasteiger partial charge in [0, 0.05) is 23.8 Å². The molecule has 1 saturated carbocycles. The van der Waals surface area contributed by atoms with Gasteiger partial charge in [-0.1, -0.05) is 24.3 Å². The molecule has 0 aliphatic heterocycles. The lowest BCUT2D eigenvalue weighted by Gasteiger charge is -2.23. The van der Waals surface area contributed by atoms with Gasteiger partial charge in [-0.15, -0.1) is 0 Å². The molecule has 172 valence electrons. The van der Waals surface area contributed by atoms with Crippen molar-refractivity contribution in [3.05, 3.63) is 89.0 Å². The summed E-state index contributed by atoms with van der Waals surface area (Å²) in [5.41, 5.74) is 3.54. The van der Waals surface area contributed by atoms with E-state index in [1.165, 1.54) is 0 Å². The summed E-state index contributed by atoms with van der Waals surface area (Å²) in [6.45, 7) is 4.15. The molecule has 0 atom stereocenters. The third kappa shape index (κ3) is 5.37. The number of rotatable bonds is 8. The fourth-order valence-corrected chi connectivity index (χ4v) is 5.12. The number of nitrogens with zero attached hydrogens (tertiary/aromatic N) is 1. The molecule has 0 unspecified atom stereocenters. The number of hydrogen-bond donors (Lipinski definition) is 1. The first-order valence-corrected chi connectivity index (χ1v) is 12.4. The Morgan fingerprint density at radius 1 is 1.00 bits per heavy atom. The van der Waals surface area contributed by atoms with E-state index in [2.05, 4.69) is 4.72 Å². The van der Waals surface area contributed by atoms with Crippen molar-refractivity contribution in [1.82, 2.24) is 4.90 Å². The van der Waals surface area contributed by atoms with E-state index in [1.807, 2.05) is 42.2 Å². The van der Waals surface area contributed by atoms with Crippen molar-refractivity contribution in [2.24, 2.45) is 0 Å². The molecule has 1 amide bonds. The molecule has 1 aliphatic carbocycles. The van der Waals surface area contributed by atoms with Crippen molar-refractivity contribution in [2.75, 3.05) is 11.8 Å². The number of sulfonamides is 1. The minimum atomic E-state index is -3.72. The van der Waals surface area contributed by atoms with Crippen LogP contribution in [0.4, 0.5) is 5.69 Å². The normalized spacial score (nSPS) is 13.4. The summed E-state index contributed by atoms with van der Waals surface area (Å²) in [7, 11) is -2.10. The molecule has 0 spiro atoms. The number of carbonyl (C=O) groups excluding carboxylic acids is 1. The second-order valence-corrected chi connectivity index (χ2v) is 10.1.